The molecule has 1 saturated heterocycles. The molecule has 1 amide bonds. The number of aliphatic carboxylic acids is 1. The van der Waals surface area contributed by atoms with E-state index in [0.717, 1.165) is 16.7 Å². The zero-order valence-corrected chi connectivity index (χ0v) is 23.2. The number of hydrogen-bond donors (Lipinski definition) is 4. The molecule has 4 aromatic rings. The van der Waals surface area contributed by atoms with Crippen LogP contribution in [0.5, 0.6) is 5.75 Å². The number of nitrogens with zero attached hydrogens (tertiary/aromatic N) is 4. The van der Waals surface area contributed by atoms with Gasteiger partial charge in [-0.25, -0.2) is 0 Å². The number of aliphatic hydroxyl groups is 1. The minimum absolute atomic E-state index is 0.0499. The number of benzene rings is 3. The quantitative estimate of drug-likeness (QED) is 0.186. The number of hydrogen-bond acceptors (Lipinski definition) is 10. The molecule has 218 valence electrons. The summed E-state index contributed by atoms with van der Waals surface area (Å²) in [6.45, 7) is -0.0499. The Balaban J connectivity index is 1.30. The molecule has 3 unspecified atom stereocenters. The molecule has 1 fully saturated rings. The summed E-state index contributed by atoms with van der Waals surface area (Å²) < 4.78 is 14.3. The predicted molar refractivity (Wildman–Crippen MR) is 152 cm³/mol. The lowest BCUT2D eigenvalue weighted by molar-refractivity contribution is -0.245. The number of rotatable bonds is 11. The Bertz CT molecular complexity index is 1500. The second kappa shape index (κ2) is 13.6. The Kier molecular flexibility index (Phi) is 9.44. The van der Waals surface area contributed by atoms with E-state index in [0.29, 0.717) is 28.7 Å². The van der Waals surface area contributed by atoms with Crippen LogP contribution in [0.15, 0.2) is 78.0 Å². The van der Waals surface area contributed by atoms with Crippen LogP contribution in [0.3, 0.4) is 0 Å². The van der Waals surface area contributed by atoms with Crippen LogP contribution in [0, 0.1) is 0 Å². The molecule has 12 nitrogen and oxygen atoms in total. The van der Waals surface area contributed by atoms with Crippen LogP contribution in [0.4, 0.5) is 5.69 Å². The molecule has 0 bridgehead atoms. The number of aromatic hydroxyl groups is 1. The van der Waals surface area contributed by atoms with Crippen molar-refractivity contribution in [2.45, 2.75) is 49.5 Å². The van der Waals surface area contributed by atoms with Crippen LogP contribution in [-0.2, 0) is 25.7 Å². The number of phenols is 1. The van der Waals surface area contributed by atoms with Crippen molar-refractivity contribution in [1.29, 1.82) is 0 Å². The Morgan fingerprint density at radius 1 is 0.952 bits per heavy atom. The highest BCUT2D eigenvalue weighted by Crippen LogP contribution is 2.39. The monoisotopic (exact) mass is 591 g/mol. The number of amides is 1. The number of tetrazole rings is 1. The first-order valence-corrected chi connectivity index (χ1v) is 14.2. The van der Waals surface area contributed by atoms with Gasteiger partial charge in [-0.2, -0.15) is 4.68 Å². The molecule has 42 heavy (non-hydrogen) atoms. The summed E-state index contributed by atoms with van der Waals surface area (Å²) in [7, 11) is 0. The van der Waals surface area contributed by atoms with Gasteiger partial charge in [-0.05, 0) is 58.0 Å². The fourth-order valence-corrected chi connectivity index (χ4v) is 5.29. The maximum absolute atomic E-state index is 12.0. The van der Waals surface area contributed by atoms with E-state index in [1.165, 1.54) is 11.8 Å². The normalized spacial score (nSPS) is 18.5. The van der Waals surface area contributed by atoms with Crippen molar-refractivity contribution in [2.24, 2.45) is 0 Å². The summed E-state index contributed by atoms with van der Waals surface area (Å²) in [6.07, 6.45) is -1.01. The van der Waals surface area contributed by atoms with Crippen LogP contribution in [0.2, 0.25) is 0 Å². The van der Waals surface area contributed by atoms with E-state index in [9.17, 15) is 19.8 Å². The van der Waals surface area contributed by atoms with E-state index in [1.54, 1.807) is 53.2 Å². The first-order chi connectivity index (χ1) is 20.4. The van der Waals surface area contributed by atoms with Crippen molar-refractivity contribution in [3.05, 3.63) is 89.5 Å². The van der Waals surface area contributed by atoms with Gasteiger partial charge in [0.05, 0.1) is 30.9 Å². The second-order valence-electron chi connectivity index (χ2n) is 9.61. The smallest absolute Gasteiger partial charge is 0.303 e. The third-order valence-corrected chi connectivity index (χ3v) is 7.63. The Labute approximate surface area is 245 Å². The van der Waals surface area contributed by atoms with E-state index in [-0.39, 0.29) is 43.3 Å². The van der Waals surface area contributed by atoms with Crippen molar-refractivity contribution in [3.8, 4) is 11.4 Å². The van der Waals surface area contributed by atoms with Crippen LogP contribution >= 0.6 is 11.8 Å². The summed E-state index contributed by atoms with van der Waals surface area (Å²) in [5.41, 5.74) is 3.75. The lowest BCUT2D eigenvalue weighted by atomic mass is 10.0. The Morgan fingerprint density at radius 3 is 2.36 bits per heavy atom. The summed E-state index contributed by atoms with van der Waals surface area (Å²) in [6, 6.07) is 21.2. The summed E-state index contributed by atoms with van der Waals surface area (Å²) in [5, 5.41) is 43.2. The van der Waals surface area contributed by atoms with E-state index >= 15 is 0 Å². The maximum atomic E-state index is 12.0. The molecule has 13 heteroatoms. The predicted octanol–water partition coefficient (Wildman–Crippen LogP) is 4.00. The minimum atomic E-state index is -1.03. The van der Waals surface area contributed by atoms with E-state index in [1.807, 2.05) is 24.3 Å². The minimum Gasteiger partial charge on any atom is -0.508 e. The summed E-state index contributed by atoms with van der Waals surface area (Å²) in [4.78, 5) is 22.8. The number of carboxylic acid groups (broad SMARTS) is 1. The average molecular weight is 592 g/mol. The number of nitrogens with one attached hydrogen (secondary N) is 1. The number of carboxylic acids is 1. The molecular formula is C29H29N5O7S. The highest BCUT2D eigenvalue weighted by Gasteiger charge is 2.32. The fraction of sp³-hybridized carbons (Fsp3) is 0.276. The van der Waals surface area contributed by atoms with E-state index in [4.69, 9.17) is 14.6 Å². The van der Waals surface area contributed by atoms with Gasteiger partial charge in [0, 0.05) is 29.8 Å². The van der Waals surface area contributed by atoms with Gasteiger partial charge in [0.15, 0.2) is 6.29 Å². The molecular weight excluding hydrogens is 562 g/mol. The Hall–Kier alpha value is -4.30. The van der Waals surface area contributed by atoms with Crippen LogP contribution < -0.4 is 5.32 Å². The molecule has 2 heterocycles. The first-order valence-electron chi connectivity index (χ1n) is 13.2. The molecule has 4 N–H and O–H groups in total. The number of aromatic nitrogens is 4. The number of carbonyl (C=O) groups excluding carboxylic acids is 1. The number of thioether (sulfide) groups is 1. The molecule has 1 aliphatic rings. The SMILES string of the molecule is O=C(O)CCC(=O)Nc1ccc(C2OC(CSc3nnnn3-c3ccc(O)cc3)CC(c3ccc(CO)cc3)O2)cc1. The van der Waals surface area contributed by atoms with Gasteiger partial charge < -0.3 is 30.1 Å². The van der Waals surface area contributed by atoms with Gasteiger partial charge in [-0.3, -0.25) is 9.59 Å². The highest BCUT2D eigenvalue weighted by atomic mass is 32.2. The zero-order chi connectivity index (χ0) is 29.5. The third kappa shape index (κ3) is 7.50. The largest absolute Gasteiger partial charge is 0.508 e. The molecule has 5 rings (SSSR count). The molecule has 3 atom stereocenters. The molecule has 1 aromatic heterocycles. The van der Waals surface area contributed by atoms with Crippen molar-refractivity contribution < 1.29 is 34.4 Å². The Morgan fingerprint density at radius 2 is 1.67 bits per heavy atom. The number of anilines is 1. The molecule has 0 saturated carbocycles. The number of carbonyl (C=O) groups is 2. The first kappa shape index (κ1) is 29.2. The fourth-order valence-electron chi connectivity index (χ4n) is 4.38. The van der Waals surface area contributed by atoms with Gasteiger partial charge >= 0.3 is 5.97 Å². The van der Waals surface area contributed by atoms with Gasteiger partial charge in [0.25, 0.3) is 0 Å². The number of aliphatic hydroxyl groups excluding tert-OH is 1. The van der Waals surface area contributed by atoms with Gasteiger partial charge in [-0.1, -0.05) is 48.2 Å². The third-order valence-electron chi connectivity index (χ3n) is 6.58. The molecule has 0 spiro atoms. The van der Waals surface area contributed by atoms with Crippen molar-refractivity contribution in [3.63, 3.8) is 0 Å². The van der Waals surface area contributed by atoms with Crippen molar-refractivity contribution in [1.82, 2.24) is 20.2 Å². The number of phenolic OH excluding ortho intramolecular Hbond substituents is 1. The average Bonchev–Trinajstić information content (AvgIpc) is 3.48. The van der Waals surface area contributed by atoms with Gasteiger partial charge in [-0.15, -0.1) is 5.10 Å². The molecule has 3 aromatic carbocycles. The van der Waals surface area contributed by atoms with Crippen LogP contribution in [-0.4, -0.2) is 59.3 Å². The number of ether oxygens (including phenoxy) is 2. The highest BCUT2D eigenvalue weighted by molar-refractivity contribution is 7.99. The lowest BCUT2D eigenvalue weighted by Crippen LogP contribution is -2.31. The summed E-state index contributed by atoms with van der Waals surface area (Å²) in [5.74, 6) is -0.735. The van der Waals surface area contributed by atoms with E-state index in [2.05, 4.69) is 20.8 Å². The topological polar surface area (TPSA) is 169 Å². The maximum Gasteiger partial charge on any atom is 0.303 e. The van der Waals surface area contributed by atoms with Crippen molar-refractivity contribution in [2.75, 3.05) is 11.1 Å². The molecule has 0 radical (unpaired) electrons. The molecule has 1 aliphatic heterocycles. The lowest BCUT2D eigenvalue weighted by Gasteiger charge is -2.36. The van der Waals surface area contributed by atoms with Gasteiger partial charge in [0.1, 0.15) is 5.75 Å². The zero-order valence-electron chi connectivity index (χ0n) is 22.4. The standard InChI is InChI=1S/C29H29N5O7S/c35-16-18-1-3-19(4-2-18)25-15-24(17-42-29-31-32-33-34(29)22-9-11-23(36)12-10-22)40-28(41-25)20-5-7-21(8-6-20)30-26(37)13-14-27(38)39/h1-12,24-25,28,35-36H,13-17H2,(H,30,37)(H,38,39). The van der Waals surface area contributed by atoms with E-state index < -0.39 is 12.3 Å². The van der Waals surface area contributed by atoms with Crippen LogP contribution in [0.25, 0.3) is 5.69 Å². The second-order valence-corrected chi connectivity index (χ2v) is 10.6. The van der Waals surface area contributed by atoms with Gasteiger partial charge in [0.2, 0.25) is 11.1 Å². The molecule has 0 aliphatic carbocycles. The van der Waals surface area contributed by atoms with Crippen LogP contribution in [0.1, 0.15) is 48.3 Å². The van der Waals surface area contributed by atoms with Crippen molar-refractivity contribution >= 4 is 29.3 Å². The summed E-state index contributed by atoms with van der Waals surface area (Å²) >= 11 is 1.44.